The Bertz CT molecular complexity index is 1330. The third kappa shape index (κ3) is 5.13. The van der Waals surface area contributed by atoms with E-state index in [-0.39, 0.29) is 17.2 Å². The molecule has 1 aliphatic heterocycles. The highest BCUT2D eigenvalue weighted by Crippen LogP contribution is 2.37. The van der Waals surface area contributed by atoms with Crippen LogP contribution in [0, 0.1) is 6.92 Å². The highest BCUT2D eigenvalue weighted by atomic mass is 32.2. The second kappa shape index (κ2) is 11.1. The van der Waals surface area contributed by atoms with Gasteiger partial charge in [-0.1, -0.05) is 86.6 Å². The van der Waals surface area contributed by atoms with Gasteiger partial charge in [0.2, 0.25) is 0 Å². The largest absolute Gasteiger partial charge is 0.493 e. The van der Waals surface area contributed by atoms with Crippen molar-refractivity contribution in [3.05, 3.63) is 81.1 Å². The molecule has 0 radical (unpaired) electrons. The Labute approximate surface area is 215 Å². The van der Waals surface area contributed by atoms with E-state index in [1.165, 1.54) is 29.5 Å². The number of unbranched alkanes of at least 4 members (excludes halogenated alkanes) is 3. The zero-order valence-electron chi connectivity index (χ0n) is 20.2. The summed E-state index contributed by atoms with van der Waals surface area (Å²) >= 11 is 6.76. The minimum atomic E-state index is -0.302. The third-order valence-electron chi connectivity index (χ3n) is 6.00. The number of ether oxygens (including phenoxy) is 1. The molecule has 1 amide bonds. The molecule has 0 aliphatic carbocycles. The number of amides is 1. The van der Waals surface area contributed by atoms with Crippen molar-refractivity contribution in [1.29, 1.82) is 0 Å². The van der Waals surface area contributed by atoms with E-state index in [4.69, 9.17) is 17.0 Å². The fourth-order valence-corrected chi connectivity index (χ4v) is 5.32. The van der Waals surface area contributed by atoms with E-state index < -0.39 is 0 Å². The summed E-state index contributed by atoms with van der Waals surface area (Å²) in [5, 5.41) is 0. The molecule has 1 fully saturated rings. The SMILES string of the molecule is CCCCCCOc1ccccc1/C=C1/SC(=S)N(c2c(C)n(C)n(-c3ccccc3)c2=O)C1=O. The van der Waals surface area contributed by atoms with Crippen molar-refractivity contribution in [3.63, 3.8) is 0 Å². The molecule has 4 rings (SSSR count). The number of thioether (sulfide) groups is 1. The van der Waals surface area contributed by atoms with Crippen LogP contribution in [0.5, 0.6) is 5.75 Å². The molecule has 35 heavy (non-hydrogen) atoms. The number of hydrogen-bond acceptors (Lipinski definition) is 5. The molecule has 1 saturated heterocycles. The second-order valence-corrected chi connectivity index (χ2v) is 10.0. The number of hydrogen-bond donors (Lipinski definition) is 0. The maximum atomic E-state index is 13.5. The number of carbonyl (C=O) groups excluding carboxylic acids is 1. The van der Waals surface area contributed by atoms with Crippen molar-refractivity contribution in [3.8, 4) is 11.4 Å². The summed E-state index contributed by atoms with van der Waals surface area (Å²) in [5.74, 6) is 0.431. The Hall–Kier alpha value is -3.10. The first-order valence-corrected chi connectivity index (χ1v) is 13.0. The van der Waals surface area contributed by atoms with Crippen LogP contribution in [0.2, 0.25) is 0 Å². The predicted molar refractivity (Wildman–Crippen MR) is 147 cm³/mol. The van der Waals surface area contributed by atoms with E-state index in [1.807, 2.05) is 61.5 Å². The van der Waals surface area contributed by atoms with Gasteiger partial charge in [0.25, 0.3) is 11.5 Å². The smallest absolute Gasteiger partial charge is 0.296 e. The highest BCUT2D eigenvalue weighted by molar-refractivity contribution is 8.27. The van der Waals surface area contributed by atoms with Gasteiger partial charge in [-0.15, -0.1) is 0 Å². The van der Waals surface area contributed by atoms with Crippen LogP contribution in [0.4, 0.5) is 5.69 Å². The molecule has 2 aromatic carbocycles. The molecule has 1 aliphatic rings. The Morgan fingerprint density at radius 1 is 1.00 bits per heavy atom. The van der Waals surface area contributed by atoms with Crippen LogP contribution in [-0.4, -0.2) is 26.2 Å². The maximum Gasteiger partial charge on any atom is 0.296 e. The van der Waals surface area contributed by atoms with Crippen LogP contribution in [0.25, 0.3) is 11.8 Å². The lowest BCUT2D eigenvalue weighted by Gasteiger charge is -2.12. The molecule has 8 heteroatoms. The van der Waals surface area contributed by atoms with Gasteiger partial charge in [-0.3, -0.25) is 19.2 Å². The maximum absolute atomic E-state index is 13.5. The van der Waals surface area contributed by atoms with Gasteiger partial charge in [-0.25, -0.2) is 4.68 Å². The summed E-state index contributed by atoms with van der Waals surface area (Å²) in [5.41, 5.74) is 2.19. The minimum absolute atomic E-state index is 0.280. The Morgan fingerprint density at radius 2 is 1.71 bits per heavy atom. The number of aromatic nitrogens is 2. The van der Waals surface area contributed by atoms with Gasteiger partial charge in [-0.05, 0) is 37.6 Å². The van der Waals surface area contributed by atoms with Crippen molar-refractivity contribution in [2.75, 3.05) is 11.5 Å². The second-order valence-electron chi connectivity index (χ2n) is 8.37. The van der Waals surface area contributed by atoms with Gasteiger partial charge in [-0.2, -0.15) is 0 Å². The zero-order chi connectivity index (χ0) is 24.9. The average Bonchev–Trinajstić information content (AvgIpc) is 3.25. The van der Waals surface area contributed by atoms with Gasteiger partial charge in [0, 0.05) is 12.6 Å². The van der Waals surface area contributed by atoms with Crippen molar-refractivity contribution in [2.24, 2.45) is 7.05 Å². The topological polar surface area (TPSA) is 56.5 Å². The minimum Gasteiger partial charge on any atom is -0.493 e. The predicted octanol–water partition coefficient (Wildman–Crippen LogP) is 5.85. The molecule has 182 valence electrons. The lowest BCUT2D eigenvalue weighted by molar-refractivity contribution is -0.113. The number of para-hydroxylation sites is 2. The quantitative estimate of drug-likeness (QED) is 0.207. The summed E-state index contributed by atoms with van der Waals surface area (Å²) in [6.07, 6.45) is 6.29. The number of carbonyl (C=O) groups is 1. The molecule has 1 aromatic heterocycles. The van der Waals surface area contributed by atoms with Crippen molar-refractivity contribution in [1.82, 2.24) is 9.36 Å². The fourth-order valence-electron chi connectivity index (χ4n) is 4.06. The van der Waals surface area contributed by atoms with Crippen LogP contribution >= 0.6 is 24.0 Å². The van der Waals surface area contributed by atoms with Gasteiger partial charge >= 0.3 is 0 Å². The van der Waals surface area contributed by atoms with Crippen LogP contribution in [-0.2, 0) is 11.8 Å². The van der Waals surface area contributed by atoms with Gasteiger partial charge in [0.15, 0.2) is 4.32 Å². The monoisotopic (exact) mass is 507 g/mol. The van der Waals surface area contributed by atoms with Crippen LogP contribution in [0.1, 0.15) is 43.9 Å². The van der Waals surface area contributed by atoms with Crippen LogP contribution in [0.15, 0.2) is 64.3 Å². The molecule has 0 atom stereocenters. The number of anilines is 1. The van der Waals surface area contributed by atoms with Gasteiger partial charge in [0.1, 0.15) is 11.4 Å². The van der Waals surface area contributed by atoms with E-state index in [0.29, 0.717) is 21.5 Å². The van der Waals surface area contributed by atoms with E-state index in [0.717, 1.165) is 29.8 Å². The fraction of sp³-hybridized carbons (Fsp3) is 0.296. The Morgan fingerprint density at radius 3 is 2.46 bits per heavy atom. The lowest BCUT2D eigenvalue weighted by atomic mass is 10.1. The number of benzene rings is 2. The molecule has 0 unspecified atom stereocenters. The summed E-state index contributed by atoms with van der Waals surface area (Å²) in [6, 6.07) is 17.0. The molecule has 3 aromatic rings. The molecule has 0 N–H and O–H groups in total. The zero-order valence-corrected chi connectivity index (χ0v) is 21.8. The third-order valence-corrected chi connectivity index (χ3v) is 7.30. The molecule has 6 nitrogen and oxygen atoms in total. The lowest BCUT2D eigenvalue weighted by Crippen LogP contribution is -2.33. The van der Waals surface area contributed by atoms with E-state index in [1.54, 1.807) is 22.5 Å². The van der Waals surface area contributed by atoms with E-state index in [2.05, 4.69) is 6.92 Å². The summed E-state index contributed by atoms with van der Waals surface area (Å²) < 4.78 is 9.64. The van der Waals surface area contributed by atoms with Crippen molar-refractivity contribution in [2.45, 2.75) is 39.5 Å². The first-order chi connectivity index (χ1) is 16.9. The normalized spacial score (nSPS) is 14.8. The molecular weight excluding hydrogens is 478 g/mol. The van der Waals surface area contributed by atoms with Crippen LogP contribution < -0.4 is 15.2 Å². The molecular formula is C27H29N3O3S2. The molecule has 0 bridgehead atoms. The molecule has 2 heterocycles. The van der Waals surface area contributed by atoms with Gasteiger partial charge < -0.3 is 4.74 Å². The first kappa shape index (κ1) is 25.0. The summed E-state index contributed by atoms with van der Waals surface area (Å²) in [4.78, 5) is 28.7. The highest BCUT2D eigenvalue weighted by Gasteiger charge is 2.37. The van der Waals surface area contributed by atoms with E-state index >= 15 is 0 Å². The van der Waals surface area contributed by atoms with Crippen LogP contribution in [0.3, 0.4) is 0 Å². The average molecular weight is 508 g/mol. The van der Waals surface area contributed by atoms with Crippen molar-refractivity contribution < 1.29 is 9.53 Å². The Balaban J connectivity index is 1.63. The van der Waals surface area contributed by atoms with Gasteiger partial charge in [0.05, 0.1) is 22.9 Å². The Kier molecular flexibility index (Phi) is 7.93. The summed E-state index contributed by atoms with van der Waals surface area (Å²) in [7, 11) is 1.80. The standard InChI is InChI=1S/C27H29N3O3S2/c1-4-5-6-12-17-33-22-16-11-10-13-20(22)18-23-25(31)29(27(34)35-23)24-19(2)28(3)30(26(24)32)21-14-8-7-9-15-21/h7-11,13-16,18H,4-6,12,17H2,1-3H3/b23-18+. The number of rotatable bonds is 9. The van der Waals surface area contributed by atoms with Crippen molar-refractivity contribution >= 4 is 46.0 Å². The molecule has 0 spiro atoms. The van der Waals surface area contributed by atoms with E-state index in [9.17, 15) is 9.59 Å². The first-order valence-electron chi connectivity index (χ1n) is 11.8. The summed E-state index contributed by atoms with van der Waals surface area (Å²) in [6.45, 7) is 4.63. The molecule has 0 saturated carbocycles. The number of thiocarbonyl (C=S) groups is 1. The number of nitrogens with zero attached hydrogens (tertiary/aromatic N) is 3.